The summed E-state index contributed by atoms with van der Waals surface area (Å²) in [6.45, 7) is 15.7. The lowest BCUT2D eigenvalue weighted by Gasteiger charge is -2.14. The minimum Gasteiger partial charge on any atom is -0.504 e. The highest BCUT2D eigenvalue weighted by molar-refractivity contribution is 5.66. The van der Waals surface area contributed by atoms with E-state index in [2.05, 4.69) is 81.9 Å². The van der Waals surface area contributed by atoms with E-state index in [0.29, 0.717) is 30.0 Å². The minimum absolute atomic E-state index is 0.0675. The number of benzene rings is 1. The highest BCUT2D eigenvalue weighted by atomic mass is 16.9. The summed E-state index contributed by atoms with van der Waals surface area (Å²) in [5.74, 6) is 0.894. The Bertz CT molecular complexity index is 1150. The number of aromatic hydroxyl groups is 2. The van der Waals surface area contributed by atoms with Crippen molar-refractivity contribution in [2.75, 3.05) is 13.8 Å². The van der Waals surface area contributed by atoms with Gasteiger partial charge in [-0.2, -0.15) is 0 Å². The molecule has 0 spiro atoms. The monoisotopic (exact) mass is 566 g/mol. The van der Waals surface area contributed by atoms with Crippen molar-refractivity contribution in [2.45, 2.75) is 119 Å². The summed E-state index contributed by atoms with van der Waals surface area (Å²) in [6.07, 6.45) is 23.5. The summed E-state index contributed by atoms with van der Waals surface area (Å²) in [5, 5.41) is 21.5. The van der Waals surface area contributed by atoms with Crippen LogP contribution in [-0.4, -0.2) is 24.1 Å². The molecule has 0 amide bonds. The molecule has 0 radical (unpaired) electrons. The third-order valence-electron chi connectivity index (χ3n) is 7.89. The zero-order valence-electron chi connectivity index (χ0n) is 27.1. The Balaban J connectivity index is 1.76. The van der Waals surface area contributed by atoms with Crippen molar-refractivity contribution >= 4 is 0 Å². The molecule has 228 valence electrons. The number of hydrogen-bond donors (Lipinski definition) is 3. The zero-order valence-corrected chi connectivity index (χ0v) is 27.1. The summed E-state index contributed by atoms with van der Waals surface area (Å²) in [5.41, 5.74) is 11.5. The first kappa shape index (κ1) is 34.3. The van der Waals surface area contributed by atoms with Crippen LogP contribution in [0.15, 0.2) is 58.2 Å². The summed E-state index contributed by atoms with van der Waals surface area (Å²) < 4.78 is 7.97. The maximum atomic E-state index is 10.9. The van der Waals surface area contributed by atoms with Gasteiger partial charge >= 0.3 is 12.5 Å². The normalized spacial score (nSPS) is 15.1. The first-order valence-corrected chi connectivity index (χ1v) is 15.4. The number of rotatable bonds is 18. The third kappa shape index (κ3) is 11.8. The van der Waals surface area contributed by atoms with E-state index in [9.17, 15) is 10.2 Å². The highest BCUT2D eigenvalue weighted by Crippen LogP contribution is 2.53. The van der Waals surface area contributed by atoms with Crippen LogP contribution in [-0.2, 0) is 10.9 Å². The summed E-state index contributed by atoms with van der Waals surface area (Å²) in [6, 6.07) is 0. The Hall–Kier alpha value is -2.92. The molecule has 1 aromatic rings. The molecule has 1 aliphatic rings. The quantitative estimate of drug-likeness (QED) is 0.0715. The van der Waals surface area contributed by atoms with Gasteiger partial charge in [0.05, 0.1) is 7.11 Å². The van der Waals surface area contributed by atoms with Crippen LogP contribution < -0.4 is 10.2 Å². The van der Waals surface area contributed by atoms with Crippen molar-refractivity contribution in [3.63, 3.8) is 0 Å². The van der Waals surface area contributed by atoms with Gasteiger partial charge < -0.3 is 19.4 Å². The van der Waals surface area contributed by atoms with Gasteiger partial charge in [0.2, 0.25) is 5.75 Å². The van der Waals surface area contributed by atoms with Gasteiger partial charge in [0, 0.05) is 16.6 Å². The van der Waals surface area contributed by atoms with Crippen molar-refractivity contribution < 1.29 is 19.4 Å². The van der Waals surface area contributed by atoms with E-state index in [1.165, 1.54) is 54.2 Å². The maximum absolute atomic E-state index is 10.9. The molecule has 0 saturated carbocycles. The molecule has 0 atom stereocenters. The van der Waals surface area contributed by atoms with E-state index in [1.807, 2.05) is 6.92 Å². The van der Waals surface area contributed by atoms with Gasteiger partial charge in [0.15, 0.2) is 5.75 Å². The largest absolute Gasteiger partial charge is 0.504 e. The fraction of sp³-hybridized carbons (Fsp3) is 0.556. The molecule has 1 heterocycles. The molecule has 41 heavy (non-hydrogen) atoms. The number of ether oxygens (including phenoxy) is 1. The number of nitrogens with one attached hydrogen (secondary N) is 1. The SMILES string of the molecule is CCC/C(C)=C/CC/C(C)=C/CC/C(C)=C/CC/C(C)=C\CC/C(C)=C\Cc1c(C)c(O)c(OC)c([O+]2CN2)c1O. The number of hydrogen-bond acceptors (Lipinski definition) is 4. The van der Waals surface area contributed by atoms with Gasteiger partial charge in [-0.05, 0) is 106 Å². The lowest BCUT2D eigenvalue weighted by Crippen LogP contribution is -1.97. The first-order valence-electron chi connectivity index (χ1n) is 15.4. The molecular formula is C36H56NO4+. The molecule has 0 aromatic heterocycles. The molecule has 0 bridgehead atoms. The summed E-state index contributed by atoms with van der Waals surface area (Å²) in [4.78, 5) is 0. The predicted octanol–water partition coefficient (Wildman–Crippen LogP) is 10.4. The number of phenols is 2. The Morgan fingerprint density at radius 2 is 1.15 bits per heavy atom. The van der Waals surface area contributed by atoms with Gasteiger partial charge in [-0.1, -0.05) is 71.6 Å². The van der Waals surface area contributed by atoms with Gasteiger partial charge in [0.25, 0.3) is 5.75 Å². The maximum Gasteiger partial charge on any atom is 0.372 e. The van der Waals surface area contributed by atoms with Crippen molar-refractivity contribution in [2.24, 2.45) is 0 Å². The number of hydroxylamine groups is 1. The molecule has 5 heteroatoms. The Kier molecular flexibility index (Phi) is 14.9. The van der Waals surface area contributed by atoms with Crippen LogP contribution in [0.2, 0.25) is 0 Å². The number of phenolic OH excluding ortho intramolecular Hbond substituents is 2. The van der Waals surface area contributed by atoms with Crippen LogP contribution in [0.5, 0.6) is 23.0 Å². The average molecular weight is 567 g/mol. The fourth-order valence-electron chi connectivity index (χ4n) is 5.05. The molecule has 1 aliphatic heterocycles. The molecule has 0 unspecified atom stereocenters. The van der Waals surface area contributed by atoms with Crippen molar-refractivity contribution in [3.05, 3.63) is 69.4 Å². The topological polar surface area (TPSA) is 74.3 Å². The molecule has 2 rings (SSSR count). The van der Waals surface area contributed by atoms with E-state index in [0.717, 1.165) is 44.9 Å². The Morgan fingerprint density at radius 3 is 1.54 bits per heavy atom. The number of methoxy groups -OCH3 is 1. The standard InChI is InChI=1S/C36H55NO4/c1-9-14-26(2)15-10-16-27(3)17-11-18-28(4)19-12-20-29(5)21-13-22-30(6)23-24-32-31(7)33(38)35(40-8)36(34(32)39)41-25-37-41/h15,17,19,21,23,37H,9-14,16,18,20,22,24-25H2,1-8H3,(H-,38,39)/p+1/b26-15+,27-17+,28-19+,29-21-,30-23-. The fourth-order valence-corrected chi connectivity index (χ4v) is 5.05. The van der Waals surface area contributed by atoms with Gasteiger partial charge in [-0.15, -0.1) is 0 Å². The van der Waals surface area contributed by atoms with Crippen LogP contribution in [0, 0.1) is 6.92 Å². The zero-order chi connectivity index (χ0) is 30.4. The number of allylic oxidation sites excluding steroid dienone is 10. The molecule has 1 saturated heterocycles. The van der Waals surface area contributed by atoms with Crippen molar-refractivity contribution in [3.8, 4) is 23.0 Å². The minimum atomic E-state index is 0.0675. The predicted molar refractivity (Wildman–Crippen MR) is 174 cm³/mol. The van der Waals surface area contributed by atoms with Crippen molar-refractivity contribution in [1.29, 1.82) is 0 Å². The van der Waals surface area contributed by atoms with E-state index in [1.54, 1.807) is 0 Å². The molecule has 3 N–H and O–H groups in total. The second kappa shape index (κ2) is 17.8. The summed E-state index contributed by atoms with van der Waals surface area (Å²) >= 11 is 0. The lowest BCUT2D eigenvalue weighted by atomic mass is 9.99. The van der Waals surface area contributed by atoms with Gasteiger partial charge in [-0.25, -0.2) is 0 Å². The van der Waals surface area contributed by atoms with Crippen molar-refractivity contribution in [1.82, 2.24) is 5.48 Å². The smallest absolute Gasteiger partial charge is 0.372 e. The third-order valence-corrected chi connectivity index (χ3v) is 7.89. The van der Waals surface area contributed by atoms with Crippen LogP contribution in [0.25, 0.3) is 0 Å². The second-order valence-corrected chi connectivity index (χ2v) is 11.7. The van der Waals surface area contributed by atoms with E-state index in [4.69, 9.17) is 4.74 Å². The lowest BCUT2D eigenvalue weighted by molar-refractivity contribution is 0.140. The molecular weight excluding hydrogens is 510 g/mol. The van der Waals surface area contributed by atoms with Crippen LogP contribution in [0.4, 0.5) is 0 Å². The molecule has 5 nitrogen and oxygen atoms in total. The van der Waals surface area contributed by atoms with E-state index < -0.39 is 0 Å². The van der Waals surface area contributed by atoms with E-state index >= 15 is 0 Å². The highest BCUT2D eigenvalue weighted by Gasteiger charge is 2.39. The van der Waals surface area contributed by atoms with E-state index in [-0.39, 0.29) is 17.2 Å². The van der Waals surface area contributed by atoms with Crippen LogP contribution in [0.1, 0.15) is 117 Å². The average Bonchev–Trinajstić information content (AvgIpc) is 3.76. The Morgan fingerprint density at radius 1 is 0.732 bits per heavy atom. The van der Waals surface area contributed by atoms with Crippen LogP contribution >= 0.6 is 0 Å². The van der Waals surface area contributed by atoms with Gasteiger partial charge in [0.1, 0.15) is 0 Å². The van der Waals surface area contributed by atoms with Gasteiger partial charge in [-0.3, -0.25) is 0 Å². The molecule has 1 fully saturated rings. The Labute approximate surface area is 250 Å². The molecule has 0 aliphatic carbocycles. The second-order valence-electron chi connectivity index (χ2n) is 11.7. The first-order chi connectivity index (χ1) is 19.6. The summed E-state index contributed by atoms with van der Waals surface area (Å²) in [7, 11) is 1.49. The molecule has 1 aromatic carbocycles. The van der Waals surface area contributed by atoms with Crippen LogP contribution in [0.3, 0.4) is 0 Å².